The maximum atomic E-state index is 12.3. The molecule has 0 spiro atoms. The molecule has 0 unspecified atom stereocenters. The van der Waals surface area contributed by atoms with Gasteiger partial charge in [-0.15, -0.1) is 3.89 Å². The molecule has 0 radical (unpaired) electrons. The van der Waals surface area contributed by atoms with Crippen LogP contribution in [0, 0.1) is 0 Å². The number of rotatable bonds is 2. The molecule has 0 aromatic heterocycles. The highest BCUT2D eigenvalue weighted by Crippen LogP contribution is 2.27. The van der Waals surface area contributed by atoms with Crippen LogP contribution in [0.2, 0.25) is 5.02 Å². The maximum absolute atomic E-state index is 12.3. The molecular formula is C7H5BrClFO2S. The maximum Gasteiger partial charge on any atom is 0.306 e. The van der Waals surface area contributed by atoms with Crippen LogP contribution in [0.1, 0.15) is 5.56 Å². The van der Waals surface area contributed by atoms with Crippen LogP contribution in [0.4, 0.5) is 3.89 Å². The summed E-state index contributed by atoms with van der Waals surface area (Å²) in [6.07, 6.45) is 0. The lowest BCUT2D eigenvalue weighted by Crippen LogP contribution is -1.97. The van der Waals surface area contributed by atoms with Gasteiger partial charge in [0.25, 0.3) is 0 Å². The first kappa shape index (κ1) is 10.9. The van der Waals surface area contributed by atoms with Crippen molar-refractivity contribution in [1.29, 1.82) is 0 Å². The first-order chi connectivity index (χ1) is 5.90. The van der Waals surface area contributed by atoms with Crippen LogP contribution in [0.15, 0.2) is 22.7 Å². The van der Waals surface area contributed by atoms with Gasteiger partial charge in [-0.25, -0.2) is 0 Å². The van der Waals surface area contributed by atoms with E-state index in [4.69, 9.17) is 11.6 Å². The predicted octanol–water partition coefficient (Wildman–Crippen LogP) is 2.90. The van der Waals surface area contributed by atoms with Crippen molar-refractivity contribution in [2.24, 2.45) is 0 Å². The van der Waals surface area contributed by atoms with Crippen LogP contribution in [0.5, 0.6) is 0 Å². The Morgan fingerprint density at radius 2 is 2.08 bits per heavy atom. The van der Waals surface area contributed by atoms with E-state index in [0.717, 1.165) is 0 Å². The number of hydrogen-bond donors (Lipinski definition) is 0. The Labute approximate surface area is 89.1 Å². The quantitative estimate of drug-likeness (QED) is 0.784. The molecule has 0 N–H and O–H groups in total. The first-order valence-electron chi connectivity index (χ1n) is 3.25. The smallest absolute Gasteiger partial charge is 0.194 e. The summed E-state index contributed by atoms with van der Waals surface area (Å²) < 4.78 is 33.4. The molecule has 1 aromatic carbocycles. The molecule has 6 heteroatoms. The summed E-state index contributed by atoms with van der Waals surface area (Å²) in [6.45, 7) is 0. The molecule has 72 valence electrons. The Balaban J connectivity index is 3.10. The molecule has 0 saturated heterocycles. The van der Waals surface area contributed by atoms with Crippen molar-refractivity contribution in [3.63, 3.8) is 0 Å². The van der Waals surface area contributed by atoms with Gasteiger partial charge in [-0.05, 0) is 27.6 Å². The van der Waals surface area contributed by atoms with E-state index in [1.807, 2.05) is 0 Å². The minimum absolute atomic E-state index is 0.315. The zero-order chi connectivity index (χ0) is 10.1. The molecule has 0 aliphatic carbocycles. The third kappa shape index (κ3) is 3.25. The van der Waals surface area contributed by atoms with Crippen LogP contribution in [0.25, 0.3) is 0 Å². The molecule has 1 aromatic rings. The van der Waals surface area contributed by atoms with E-state index in [2.05, 4.69) is 15.9 Å². The molecule has 0 aliphatic heterocycles. The van der Waals surface area contributed by atoms with E-state index < -0.39 is 16.0 Å². The van der Waals surface area contributed by atoms with Gasteiger partial charge in [-0.1, -0.05) is 23.7 Å². The van der Waals surface area contributed by atoms with E-state index in [1.165, 1.54) is 6.07 Å². The fourth-order valence-electron chi connectivity index (χ4n) is 0.846. The average molecular weight is 288 g/mol. The molecule has 0 saturated carbocycles. The fourth-order valence-corrected chi connectivity index (χ4v) is 2.24. The van der Waals surface area contributed by atoms with Crippen molar-refractivity contribution < 1.29 is 12.3 Å². The molecule has 0 fully saturated rings. The van der Waals surface area contributed by atoms with Crippen molar-refractivity contribution in [2.75, 3.05) is 0 Å². The second kappa shape index (κ2) is 3.94. The largest absolute Gasteiger partial charge is 0.306 e. The van der Waals surface area contributed by atoms with Gasteiger partial charge in [0, 0.05) is 4.47 Å². The topological polar surface area (TPSA) is 34.1 Å². The summed E-state index contributed by atoms with van der Waals surface area (Å²) >= 11 is 8.75. The highest BCUT2D eigenvalue weighted by Gasteiger charge is 2.12. The monoisotopic (exact) mass is 286 g/mol. The number of benzene rings is 1. The normalized spacial score (nSPS) is 11.6. The highest BCUT2D eigenvalue weighted by molar-refractivity contribution is 9.10. The lowest BCUT2D eigenvalue weighted by Gasteiger charge is -2.02. The molecule has 0 heterocycles. The van der Waals surface area contributed by atoms with Crippen molar-refractivity contribution >= 4 is 37.8 Å². The van der Waals surface area contributed by atoms with Gasteiger partial charge in [0.1, 0.15) is 5.75 Å². The van der Waals surface area contributed by atoms with Gasteiger partial charge in [0.2, 0.25) is 0 Å². The Kier molecular flexibility index (Phi) is 3.32. The third-order valence-electron chi connectivity index (χ3n) is 1.36. The second-order valence-corrected chi connectivity index (χ2v) is 4.96. The summed E-state index contributed by atoms with van der Waals surface area (Å²) in [5.41, 5.74) is 0.315. The standard InChI is InChI=1S/C7H5BrClFO2S/c8-7-5(4-13(10,11)12)2-1-3-6(7)9/h1-3H,4H2. The van der Waals surface area contributed by atoms with Gasteiger partial charge in [-0.3, -0.25) is 0 Å². The molecule has 13 heavy (non-hydrogen) atoms. The molecule has 0 amide bonds. The Hall–Kier alpha value is -0.130. The van der Waals surface area contributed by atoms with E-state index in [9.17, 15) is 12.3 Å². The summed E-state index contributed by atoms with van der Waals surface area (Å²) in [6, 6.07) is 4.64. The lowest BCUT2D eigenvalue weighted by atomic mass is 10.2. The average Bonchev–Trinajstić information content (AvgIpc) is 1.96. The number of halogens is 3. The summed E-state index contributed by atoms with van der Waals surface area (Å²) in [5.74, 6) is -0.659. The minimum atomic E-state index is -4.51. The van der Waals surface area contributed by atoms with Crippen molar-refractivity contribution in [3.8, 4) is 0 Å². The molecular weight excluding hydrogens is 282 g/mol. The summed E-state index contributed by atoms with van der Waals surface area (Å²) in [5, 5.41) is 0.362. The third-order valence-corrected chi connectivity index (χ3v) is 3.49. The van der Waals surface area contributed by atoms with Crippen molar-refractivity contribution in [3.05, 3.63) is 33.3 Å². The van der Waals surface area contributed by atoms with Crippen LogP contribution in [-0.4, -0.2) is 8.42 Å². The van der Waals surface area contributed by atoms with Crippen LogP contribution < -0.4 is 0 Å². The second-order valence-electron chi connectivity index (χ2n) is 2.40. The van der Waals surface area contributed by atoms with Gasteiger partial charge >= 0.3 is 10.2 Å². The van der Waals surface area contributed by atoms with E-state index in [1.54, 1.807) is 12.1 Å². The molecule has 0 aliphatic rings. The number of hydrogen-bond acceptors (Lipinski definition) is 2. The predicted molar refractivity (Wildman–Crippen MR) is 52.9 cm³/mol. The Bertz CT molecular complexity index is 419. The minimum Gasteiger partial charge on any atom is -0.194 e. The molecule has 2 nitrogen and oxygen atoms in total. The molecule has 0 bridgehead atoms. The Morgan fingerprint density at radius 3 is 2.62 bits per heavy atom. The van der Waals surface area contributed by atoms with Gasteiger partial charge in [0.05, 0.1) is 5.02 Å². The summed E-state index contributed by atoms with van der Waals surface area (Å²) in [4.78, 5) is 0. The van der Waals surface area contributed by atoms with Crippen LogP contribution in [-0.2, 0) is 16.0 Å². The Morgan fingerprint density at radius 1 is 1.46 bits per heavy atom. The van der Waals surface area contributed by atoms with Gasteiger partial charge < -0.3 is 0 Å². The van der Waals surface area contributed by atoms with E-state index in [-0.39, 0.29) is 0 Å². The van der Waals surface area contributed by atoms with Gasteiger partial charge in [-0.2, -0.15) is 8.42 Å². The molecule has 1 rings (SSSR count). The fraction of sp³-hybridized carbons (Fsp3) is 0.143. The van der Waals surface area contributed by atoms with Crippen LogP contribution in [0.3, 0.4) is 0 Å². The van der Waals surface area contributed by atoms with E-state index in [0.29, 0.717) is 15.1 Å². The zero-order valence-electron chi connectivity index (χ0n) is 6.30. The zero-order valence-corrected chi connectivity index (χ0v) is 9.46. The van der Waals surface area contributed by atoms with Gasteiger partial charge in [0.15, 0.2) is 0 Å². The molecule has 0 atom stereocenters. The van der Waals surface area contributed by atoms with Crippen LogP contribution >= 0.6 is 27.5 Å². The van der Waals surface area contributed by atoms with Crippen molar-refractivity contribution in [1.82, 2.24) is 0 Å². The lowest BCUT2D eigenvalue weighted by molar-refractivity contribution is 0.551. The summed E-state index contributed by atoms with van der Waals surface area (Å²) in [7, 11) is -4.51. The first-order valence-corrected chi connectivity index (χ1v) is 5.98. The van der Waals surface area contributed by atoms with E-state index >= 15 is 0 Å². The SMILES string of the molecule is O=S(=O)(F)Cc1cccc(Cl)c1Br. The van der Waals surface area contributed by atoms with Crippen molar-refractivity contribution in [2.45, 2.75) is 5.75 Å². The highest BCUT2D eigenvalue weighted by atomic mass is 79.9.